The summed E-state index contributed by atoms with van der Waals surface area (Å²) in [5, 5.41) is 6.60. The summed E-state index contributed by atoms with van der Waals surface area (Å²) in [5.74, 6) is 0.0767. The molecule has 142 valence electrons. The monoisotopic (exact) mass is 378 g/mol. The number of carbonyl (C=O) groups is 2. The van der Waals surface area contributed by atoms with E-state index >= 15 is 0 Å². The average molecular weight is 379 g/mol. The zero-order valence-corrected chi connectivity index (χ0v) is 16.2. The number of aryl methyl sites for hydroxylation is 1. The Kier molecular flexibility index (Phi) is 6.16. The summed E-state index contributed by atoms with van der Waals surface area (Å²) in [6, 6.07) is 5.81. The largest absolute Gasteiger partial charge is 0.352 e. The van der Waals surface area contributed by atoms with Gasteiger partial charge in [0.05, 0.1) is 12.6 Å². The van der Waals surface area contributed by atoms with Crippen LogP contribution in [0.15, 0.2) is 18.2 Å². The minimum Gasteiger partial charge on any atom is -0.352 e. The molecular weight excluding hydrogens is 352 g/mol. The van der Waals surface area contributed by atoms with E-state index in [9.17, 15) is 9.59 Å². The Labute approximate surface area is 159 Å². The lowest BCUT2D eigenvalue weighted by atomic mass is 10.2. The highest BCUT2D eigenvalue weighted by Gasteiger charge is 2.30. The molecule has 26 heavy (non-hydrogen) atoms. The maximum atomic E-state index is 12.3. The van der Waals surface area contributed by atoms with E-state index < -0.39 is 0 Å². The number of piperazine rings is 1. The van der Waals surface area contributed by atoms with Gasteiger partial charge in [0.2, 0.25) is 11.8 Å². The SMILES string of the molecule is Cc1ccc(NC(=O)CN2CCN(C(C)C(=O)NC3CC3)CC2)cc1Cl. The molecule has 2 fully saturated rings. The predicted octanol–water partition coefficient (Wildman–Crippen LogP) is 1.87. The van der Waals surface area contributed by atoms with Gasteiger partial charge in [-0.3, -0.25) is 19.4 Å². The van der Waals surface area contributed by atoms with Gasteiger partial charge in [-0.15, -0.1) is 0 Å². The average Bonchev–Trinajstić information content (AvgIpc) is 3.42. The quantitative estimate of drug-likeness (QED) is 0.793. The third-order valence-corrected chi connectivity index (χ3v) is 5.49. The van der Waals surface area contributed by atoms with Crippen LogP contribution in [-0.2, 0) is 9.59 Å². The van der Waals surface area contributed by atoms with Gasteiger partial charge < -0.3 is 10.6 Å². The molecule has 3 rings (SSSR count). The minimum atomic E-state index is -0.110. The fraction of sp³-hybridized carbons (Fsp3) is 0.579. The highest BCUT2D eigenvalue weighted by Crippen LogP contribution is 2.20. The molecule has 2 amide bonds. The number of hydrogen-bond donors (Lipinski definition) is 2. The minimum absolute atomic E-state index is 0.0436. The number of nitrogens with one attached hydrogen (secondary N) is 2. The van der Waals surface area contributed by atoms with E-state index in [0.717, 1.165) is 50.3 Å². The molecule has 1 atom stereocenters. The van der Waals surface area contributed by atoms with Crippen molar-refractivity contribution in [2.45, 2.75) is 38.8 Å². The van der Waals surface area contributed by atoms with Crippen LogP contribution in [0.5, 0.6) is 0 Å². The number of amides is 2. The van der Waals surface area contributed by atoms with Crippen molar-refractivity contribution < 1.29 is 9.59 Å². The molecule has 0 spiro atoms. The van der Waals surface area contributed by atoms with Gasteiger partial charge >= 0.3 is 0 Å². The van der Waals surface area contributed by atoms with Crippen molar-refractivity contribution in [3.8, 4) is 0 Å². The molecule has 0 bridgehead atoms. The number of hydrogen-bond acceptors (Lipinski definition) is 4. The molecule has 1 aliphatic heterocycles. The molecule has 1 aromatic carbocycles. The standard InChI is InChI=1S/C19H27ClN4O2/c1-13-3-4-16(11-17(13)20)21-18(25)12-23-7-9-24(10-8-23)14(2)19(26)22-15-5-6-15/h3-4,11,14-15H,5-10,12H2,1-2H3,(H,21,25)(H,22,26). The first-order valence-corrected chi connectivity index (χ1v) is 9.63. The Balaban J connectivity index is 1.42. The lowest BCUT2D eigenvalue weighted by Gasteiger charge is -2.37. The molecular formula is C19H27ClN4O2. The van der Waals surface area contributed by atoms with Gasteiger partial charge in [0.1, 0.15) is 0 Å². The normalized spacial score (nSPS) is 19.8. The number of nitrogens with zero attached hydrogens (tertiary/aromatic N) is 2. The van der Waals surface area contributed by atoms with Crippen LogP contribution in [0.1, 0.15) is 25.3 Å². The highest BCUT2D eigenvalue weighted by molar-refractivity contribution is 6.31. The van der Waals surface area contributed by atoms with Crippen molar-refractivity contribution in [1.29, 1.82) is 0 Å². The Morgan fingerprint density at radius 3 is 2.54 bits per heavy atom. The number of halogens is 1. The topological polar surface area (TPSA) is 64.7 Å². The van der Waals surface area contributed by atoms with Crippen LogP contribution >= 0.6 is 11.6 Å². The summed E-state index contributed by atoms with van der Waals surface area (Å²) >= 11 is 6.10. The Morgan fingerprint density at radius 2 is 1.92 bits per heavy atom. The first-order chi connectivity index (χ1) is 12.4. The lowest BCUT2D eigenvalue weighted by Crippen LogP contribution is -2.55. The van der Waals surface area contributed by atoms with Gasteiger partial charge in [-0.1, -0.05) is 17.7 Å². The molecule has 1 aromatic rings. The second-order valence-electron chi connectivity index (χ2n) is 7.28. The summed E-state index contributed by atoms with van der Waals surface area (Å²) in [6.07, 6.45) is 2.21. The molecule has 1 aliphatic carbocycles. The Morgan fingerprint density at radius 1 is 1.23 bits per heavy atom. The second-order valence-corrected chi connectivity index (χ2v) is 7.69. The molecule has 2 aliphatic rings. The summed E-state index contributed by atoms with van der Waals surface area (Å²) in [5.41, 5.74) is 1.70. The van der Waals surface area contributed by atoms with E-state index in [2.05, 4.69) is 20.4 Å². The molecule has 1 saturated heterocycles. The zero-order chi connectivity index (χ0) is 18.7. The van der Waals surface area contributed by atoms with Crippen LogP contribution in [0.3, 0.4) is 0 Å². The molecule has 0 aromatic heterocycles. The smallest absolute Gasteiger partial charge is 0.238 e. The van der Waals surface area contributed by atoms with Crippen LogP contribution in [-0.4, -0.2) is 66.4 Å². The third kappa shape index (κ3) is 5.19. The summed E-state index contributed by atoms with van der Waals surface area (Å²) in [6.45, 7) is 7.39. The molecule has 1 unspecified atom stereocenters. The van der Waals surface area contributed by atoms with Gasteiger partial charge in [0.15, 0.2) is 0 Å². The molecule has 1 saturated carbocycles. The maximum Gasteiger partial charge on any atom is 0.238 e. The van der Waals surface area contributed by atoms with E-state index in [1.54, 1.807) is 6.07 Å². The van der Waals surface area contributed by atoms with Gasteiger partial charge in [0.25, 0.3) is 0 Å². The van der Waals surface area contributed by atoms with E-state index in [0.29, 0.717) is 17.6 Å². The third-order valence-electron chi connectivity index (χ3n) is 5.08. The summed E-state index contributed by atoms with van der Waals surface area (Å²) in [7, 11) is 0. The van der Waals surface area contributed by atoms with Gasteiger partial charge in [-0.2, -0.15) is 0 Å². The fourth-order valence-electron chi connectivity index (χ4n) is 3.10. The number of rotatable bonds is 6. The highest BCUT2D eigenvalue weighted by atomic mass is 35.5. The maximum absolute atomic E-state index is 12.3. The first kappa shape index (κ1) is 19.1. The number of carbonyl (C=O) groups excluding carboxylic acids is 2. The van der Waals surface area contributed by atoms with Crippen molar-refractivity contribution in [1.82, 2.24) is 15.1 Å². The van der Waals surface area contributed by atoms with Gasteiger partial charge in [-0.25, -0.2) is 0 Å². The second kappa shape index (κ2) is 8.37. The van der Waals surface area contributed by atoms with E-state index in [1.165, 1.54) is 0 Å². The fourth-order valence-corrected chi connectivity index (χ4v) is 3.28. The molecule has 1 heterocycles. The van der Waals surface area contributed by atoms with Crippen LogP contribution in [0.4, 0.5) is 5.69 Å². The van der Waals surface area contributed by atoms with Crippen LogP contribution in [0, 0.1) is 6.92 Å². The lowest BCUT2D eigenvalue weighted by molar-refractivity contribution is -0.127. The van der Waals surface area contributed by atoms with Gasteiger partial charge in [0, 0.05) is 42.9 Å². The van der Waals surface area contributed by atoms with Crippen molar-refractivity contribution >= 4 is 29.1 Å². The molecule has 6 nitrogen and oxygen atoms in total. The number of anilines is 1. The molecule has 2 N–H and O–H groups in total. The molecule has 7 heteroatoms. The Hall–Kier alpha value is -1.63. The van der Waals surface area contributed by atoms with Gasteiger partial charge in [-0.05, 0) is 44.4 Å². The zero-order valence-electron chi connectivity index (χ0n) is 15.4. The number of benzene rings is 1. The summed E-state index contributed by atoms with van der Waals surface area (Å²) < 4.78 is 0. The van der Waals surface area contributed by atoms with E-state index in [1.807, 2.05) is 26.0 Å². The van der Waals surface area contributed by atoms with E-state index in [-0.39, 0.29) is 17.9 Å². The predicted molar refractivity (Wildman–Crippen MR) is 103 cm³/mol. The van der Waals surface area contributed by atoms with Crippen LogP contribution in [0.25, 0.3) is 0 Å². The van der Waals surface area contributed by atoms with Crippen molar-refractivity contribution in [2.75, 3.05) is 38.0 Å². The molecule has 0 radical (unpaired) electrons. The summed E-state index contributed by atoms with van der Waals surface area (Å²) in [4.78, 5) is 28.7. The van der Waals surface area contributed by atoms with Crippen LogP contribution in [0.2, 0.25) is 5.02 Å². The first-order valence-electron chi connectivity index (χ1n) is 9.25. The van der Waals surface area contributed by atoms with Crippen molar-refractivity contribution in [2.24, 2.45) is 0 Å². The van der Waals surface area contributed by atoms with Crippen molar-refractivity contribution in [3.63, 3.8) is 0 Å². The van der Waals surface area contributed by atoms with Crippen molar-refractivity contribution in [3.05, 3.63) is 28.8 Å². The Bertz CT molecular complexity index is 670. The van der Waals surface area contributed by atoms with Crippen LogP contribution < -0.4 is 10.6 Å². The van der Waals surface area contributed by atoms with E-state index in [4.69, 9.17) is 11.6 Å².